The van der Waals surface area contributed by atoms with Crippen molar-refractivity contribution in [3.05, 3.63) is 34.3 Å². The molecule has 0 aromatic heterocycles. The first kappa shape index (κ1) is 16.0. The molecule has 1 N–H and O–H groups in total. The molecule has 0 saturated heterocycles. The van der Waals surface area contributed by atoms with Gasteiger partial charge in [0.2, 0.25) is 0 Å². The maximum absolute atomic E-state index is 10.7. The van der Waals surface area contributed by atoms with Gasteiger partial charge in [-0.05, 0) is 47.3 Å². The second-order valence-corrected chi connectivity index (χ2v) is 5.95. The topological polar surface area (TPSA) is 55.8 Å². The van der Waals surface area contributed by atoms with Crippen molar-refractivity contribution in [1.29, 1.82) is 0 Å². The fraction of sp³-hybridized carbons (Fsp3) is 0.438. The van der Waals surface area contributed by atoms with E-state index in [0.717, 1.165) is 41.8 Å². The van der Waals surface area contributed by atoms with Gasteiger partial charge in [-0.25, -0.2) is 4.79 Å². The molecule has 1 fully saturated rings. The summed E-state index contributed by atoms with van der Waals surface area (Å²) < 4.78 is 12.4. The molecule has 1 saturated carbocycles. The van der Waals surface area contributed by atoms with Gasteiger partial charge in [0.15, 0.2) is 0 Å². The van der Waals surface area contributed by atoms with E-state index in [9.17, 15) is 4.79 Å². The number of ether oxygens (including phenoxy) is 2. The summed E-state index contributed by atoms with van der Waals surface area (Å²) in [5, 5.41) is 8.77. The minimum Gasteiger partial charge on any atom is -0.489 e. The highest BCUT2D eigenvalue weighted by Gasteiger charge is 2.24. The predicted octanol–water partition coefficient (Wildman–Crippen LogP) is 3.88. The Morgan fingerprint density at radius 3 is 2.86 bits per heavy atom. The van der Waals surface area contributed by atoms with Crippen LogP contribution in [-0.2, 0) is 9.53 Å². The van der Waals surface area contributed by atoms with Crippen LogP contribution in [0.15, 0.2) is 28.7 Å². The number of carboxylic acid groups (broad SMARTS) is 1. The zero-order valence-electron chi connectivity index (χ0n) is 11.9. The average Bonchev–Trinajstić information content (AvgIpc) is 2.48. The van der Waals surface area contributed by atoms with Crippen molar-refractivity contribution in [2.24, 2.45) is 0 Å². The maximum Gasteiger partial charge on any atom is 0.328 e. The van der Waals surface area contributed by atoms with E-state index in [0.29, 0.717) is 5.75 Å². The number of hydrogen-bond acceptors (Lipinski definition) is 3. The summed E-state index contributed by atoms with van der Waals surface area (Å²) in [5.41, 5.74) is 0.756. The van der Waals surface area contributed by atoms with E-state index in [1.54, 1.807) is 13.2 Å². The monoisotopic (exact) mass is 354 g/mol. The molecule has 0 amide bonds. The summed E-state index contributed by atoms with van der Waals surface area (Å²) in [6.45, 7) is 0. The lowest BCUT2D eigenvalue weighted by Gasteiger charge is -2.29. The number of halogens is 1. The molecule has 0 bridgehead atoms. The van der Waals surface area contributed by atoms with Crippen LogP contribution in [0.1, 0.15) is 31.2 Å². The normalized spacial score (nSPS) is 22.4. The summed E-state index contributed by atoms with van der Waals surface area (Å²) in [5.74, 6) is -0.283. The fourth-order valence-corrected chi connectivity index (χ4v) is 3.01. The van der Waals surface area contributed by atoms with Gasteiger partial charge < -0.3 is 14.6 Å². The summed E-state index contributed by atoms with van der Waals surface area (Å²) in [6, 6.07) is 5.59. The molecule has 0 aliphatic heterocycles. The Balaban J connectivity index is 2.16. The van der Waals surface area contributed by atoms with Crippen molar-refractivity contribution in [2.75, 3.05) is 7.11 Å². The Bertz CT molecular complexity index is 527. The highest BCUT2D eigenvalue weighted by Crippen LogP contribution is 2.33. The van der Waals surface area contributed by atoms with Crippen LogP contribution in [0.2, 0.25) is 0 Å². The number of aliphatic carboxylic acids is 1. The molecule has 1 aliphatic carbocycles. The molecule has 2 rings (SSSR count). The first-order valence-electron chi connectivity index (χ1n) is 6.99. The molecule has 114 valence electrons. The predicted molar refractivity (Wildman–Crippen MR) is 84.5 cm³/mol. The summed E-state index contributed by atoms with van der Waals surface area (Å²) in [4.78, 5) is 10.7. The molecule has 5 heteroatoms. The van der Waals surface area contributed by atoms with Gasteiger partial charge in [-0.1, -0.05) is 12.1 Å². The molecule has 0 radical (unpaired) electrons. The first-order chi connectivity index (χ1) is 10.1. The highest BCUT2D eigenvalue weighted by atomic mass is 79.9. The number of hydrogen-bond donors (Lipinski definition) is 1. The van der Waals surface area contributed by atoms with E-state index in [1.807, 2.05) is 18.2 Å². The van der Waals surface area contributed by atoms with E-state index in [4.69, 9.17) is 14.6 Å². The number of para-hydroxylation sites is 1. The van der Waals surface area contributed by atoms with Crippen LogP contribution >= 0.6 is 15.9 Å². The van der Waals surface area contributed by atoms with Crippen molar-refractivity contribution in [2.45, 2.75) is 37.9 Å². The van der Waals surface area contributed by atoms with Crippen LogP contribution < -0.4 is 4.74 Å². The quantitative estimate of drug-likeness (QED) is 0.815. The number of benzene rings is 1. The number of carboxylic acids is 1. The van der Waals surface area contributed by atoms with Crippen molar-refractivity contribution in [3.63, 3.8) is 0 Å². The van der Waals surface area contributed by atoms with Crippen LogP contribution in [0.25, 0.3) is 6.08 Å². The van der Waals surface area contributed by atoms with E-state index in [-0.39, 0.29) is 12.2 Å². The molecule has 1 aromatic rings. The third-order valence-corrected chi connectivity index (χ3v) is 4.22. The van der Waals surface area contributed by atoms with Crippen LogP contribution in [0.4, 0.5) is 0 Å². The third kappa shape index (κ3) is 4.58. The summed E-state index contributed by atoms with van der Waals surface area (Å²) in [6.07, 6.45) is 7.01. The summed E-state index contributed by atoms with van der Waals surface area (Å²) in [7, 11) is 1.73. The van der Waals surface area contributed by atoms with Crippen LogP contribution in [-0.4, -0.2) is 30.4 Å². The van der Waals surface area contributed by atoms with Crippen molar-refractivity contribution in [3.8, 4) is 5.75 Å². The van der Waals surface area contributed by atoms with Gasteiger partial charge in [-0.3, -0.25) is 0 Å². The second kappa shape index (κ2) is 7.61. The molecule has 2 atom stereocenters. The lowest BCUT2D eigenvalue weighted by molar-refractivity contribution is -0.131. The maximum atomic E-state index is 10.7. The standard InChI is InChI=1S/C16H19BrO4/c1-20-12-5-3-6-13(10-12)21-16-11(8-9-15(18)19)4-2-7-14(16)17/h2,4,7-9,12-13H,3,5-6,10H2,1H3,(H,18,19). The number of rotatable bonds is 5. The molecule has 1 aromatic carbocycles. The summed E-state index contributed by atoms with van der Waals surface area (Å²) >= 11 is 3.48. The van der Waals surface area contributed by atoms with Gasteiger partial charge in [-0.2, -0.15) is 0 Å². The Labute approximate surface area is 132 Å². The fourth-order valence-electron chi connectivity index (χ4n) is 2.53. The molecule has 0 heterocycles. The molecular formula is C16H19BrO4. The highest BCUT2D eigenvalue weighted by molar-refractivity contribution is 9.10. The zero-order valence-corrected chi connectivity index (χ0v) is 13.5. The van der Waals surface area contributed by atoms with Gasteiger partial charge in [0.25, 0.3) is 0 Å². The van der Waals surface area contributed by atoms with E-state index in [1.165, 1.54) is 0 Å². The lowest BCUT2D eigenvalue weighted by Crippen LogP contribution is -2.29. The van der Waals surface area contributed by atoms with Crippen LogP contribution in [0, 0.1) is 0 Å². The smallest absolute Gasteiger partial charge is 0.328 e. The lowest BCUT2D eigenvalue weighted by atomic mass is 9.95. The van der Waals surface area contributed by atoms with Gasteiger partial charge in [-0.15, -0.1) is 0 Å². The SMILES string of the molecule is COC1CCCC(Oc2c(Br)cccc2C=CC(=O)O)C1. The van der Waals surface area contributed by atoms with Crippen LogP contribution in [0.3, 0.4) is 0 Å². The van der Waals surface area contributed by atoms with Crippen LogP contribution in [0.5, 0.6) is 5.75 Å². The third-order valence-electron chi connectivity index (χ3n) is 3.60. The van der Waals surface area contributed by atoms with Gasteiger partial charge in [0.1, 0.15) is 11.9 Å². The van der Waals surface area contributed by atoms with E-state index >= 15 is 0 Å². The average molecular weight is 355 g/mol. The number of carbonyl (C=O) groups is 1. The van der Waals surface area contributed by atoms with Crippen molar-refractivity contribution in [1.82, 2.24) is 0 Å². The molecule has 0 spiro atoms. The van der Waals surface area contributed by atoms with Crippen molar-refractivity contribution >= 4 is 28.0 Å². The Kier molecular flexibility index (Phi) is 5.82. The molecule has 1 aliphatic rings. The van der Waals surface area contributed by atoms with Crippen molar-refractivity contribution < 1.29 is 19.4 Å². The Hall–Kier alpha value is -1.33. The second-order valence-electron chi connectivity index (χ2n) is 5.09. The minimum absolute atomic E-state index is 0.0966. The largest absolute Gasteiger partial charge is 0.489 e. The molecule has 4 nitrogen and oxygen atoms in total. The molecule has 2 unspecified atom stereocenters. The van der Waals surface area contributed by atoms with Gasteiger partial charge in [0, 0.05) is 25.2 Å². The van der Waals surface area contributed by atoms with E-state index in [2.05, 4.69) is 15.9 Å². The zero-order chi connectivity index (χ0) is 15.2. The first-order valence-corrected chi connectivity index (χ1v) is 7.78. The van der Waals surface area contributed by atoms with E-state index < -0.39 is 5.97 Å². The minimum atomic E-state index is -0.974. The number of methoxy groups -OCH3 is 1. The van der Waals surface area contributed by atoms with Gasteiger partial charge in [0.05, 0.1) is 10.6 Å². The molecular weight excluding hydrogens is 336 g/mol. The molecule has 21 heavy (non-hydrogen) atoms. The van der Waals surface area contributed by atoms with Gasteiger partial charge >= 0.3 is 5.97 Å². The Morgan fingerprint density at radius 2 is 2.14 bits per heavy atom. The Morgan fingerprint density at radius 1 is 1.38 bits per heavy atom.